The Labute approximate surface area is 308 Å². The predicted molar refractivity (Wildman–Crippen MR) is 202 cm³/mol. The van der Waals surface area contributed by atoms with Crippen molar-refractivity contribution in [3.05, 3.63) is 117 Å². The van der Waals surface area contributed by atoms with Gasteiger partial charge in [0, 0.05) is 0 Å². The van der Waals surface area contributed by atoms with E-state index in [9.17, 15) is 0 Å². The molecular weight excluding hydrogens is 656 g/mol. The van der Waals surface area contributed by atoms with Gasteiger partial charge in [0.15, 0.2) is 0 Å². The molecule has 0 saturated heterocycles. The fourth-order valence-electron chi connectivity index (χ4n) is 9.65. The van der Waals surface area contributed by atoms with Gasteiger partial charge in [0.1, 0.15) is 0 Å². The number of allylic oxidation sites excluding steroid dienone is 4. The van der Waals surface area contributed by atoms with Gasteiger partial charge in [-0.2, -0.15) is 41.0 Å². The van der Waals surface area contributed by atoms with E-state index in [-0.39, 0.29) is 10.8 Å². The SMILES string of the molecule is CC(C)(C)c1c[c-]c2c(c1)-c1cc(C(C)(C)C)ccc1C2.CC1=[C-]C(C)C=C1CC12CC3CC(CC(C3)C1)C2.Cc1ccc([CH]=[Zr+2])cc1. The van der Waals surface area contributed by atoms with Crippen LogP contribution in [0, 0.1) is 48.2 Å². The normalized spacial score (nSPS) is 26.4. The van der Waals surface area contributed by atoms with Crippen molar-refractivity contribution in [2.75, 3.05) is 0 Å². The van der Waals surface area contributed by atoms with Crippen molar-refractivity contribution in [3.8, 4) is 11.1 Å². The molecule has 0 aliphatic heterocycles. The standard InChI is InChI=1S/C21H25.C18H25.C8H8.Zr/c1-20(2,3)16-9-7-14-11-15-8-10-17(21(4,5)6)13-19(15)18(14)12-16;1-12-3-13(2)17(4-12)11-18-8-14-5-15(9-18)7-16(6-14)10-18;1-7-3-5-8(2)6-4-7;/h7,9-10,12-13H,11H2,1-6H3;4,12,14-16H,5-11H2,1-2H3;1,3-6H,2H3;/q2*-1;;+2. The fraction of sp³-hybridized carbons (Fsp3) is 0.511. The molecule has 6 aliphatic carbocycles. The Morgan fingerprint density at radius 3 is 1.90 bits per heavy atom. The number of aryl methyl sites for hydroxylation is 1. The summed E-state index contributed by atoms with van der Waals surface area (Å²) in [6.45, 7) is 20.3. The summed E-state index contributed by atoms with van der Waals surface area (Å²) in [5, 5.41) is 0. The zero-order valence-electron chi connectivity index (χ0n) is 31.3. The molecule has 0 amide bonds. The molecule has 3 aromatic carbocycles. The summed E-state index contributed by atoms with van der Waals surface area (Å²) in [5.74, 6) is 3.82. The number of benzene rings is 3. The number of rotatable bonds is 3. The molecule has 0 radical (unpaired) electrons. The average molecular weight is 714 g/mol. The van der Waals surface area contributed by atoms with Crippen LogP contribution in [-0.4, -0.2) is 3.71 Å². The predicted octanol–water partition coefficient (Wildman–Crippen LogP) is 12.3. The van der Waals surface area contributed by atoms with Crippen LogP contribution in [0.25, 0.3) is 11.1 Å². The van der Waals surface area contributed by atoms with E-state index in [1.165, 1.54) is 80.7 Å². The van der Waals surface area contributed by atoms with Gasteiger partial charge >= 0.3 is 70.3 Å². The summed E-state index contributed by atoms with van der Waals surface area (Å²) in [4.78, 5) is 0. The zero-order valence-corrected chi connectivity index (χ0v) is 33.8. The van der Waals surface area contributed by atoms with Crippen molar-refractivity contribution in [1.82, 2.24) is 0 Å². The third kappa shape index (κ3) is 8.09. The van der Waals surface area contributed by atoms with Gasteiger partial charge < -0.3 is 0 Å². The van der Waals surface area contributed by atoms with E-state index in [0.717, 1.165) is 24.2 Å². The van der Waals surface area contributed by atoms with E-state index >= 15 is 0 Å². The third-order valence-corrected chi connectivity index (χ3v) is 12.7. The van der Waals surface area contributed by atoms with Crippen molar-refractivity contribution in [2.45, 2.75) is 125 Å². The average Bonchev–Trinajstić information content (AvgIpc) is 3.53. The summed E-state index contributed by atoms with van der Waals surface area (Å²) >= 11 is 1.47. The first-order valence-electron chi connectivity index (χ1n) is 18.7. The van der Waals surface area contributed by atoms with Crippen LogP contribution in [0.2, 0.25) is 0 Å². The van der Waals surface area contributed by atoms with Gasteiger partial charge in [0.05, 0.1) is 0 Å². The Bertz CT molecular complexity index is 1600. The summed E-state index contributed by atoms with van der Waals surface area (Å²) in [5.41, 5.74) is 15.2. The second-order valence-corrected chi connectivity index (χ2v) is 18.9. The van der Waals surface area contributed by atoms with Gasteiger partial charge in [-0.15, -0.1) is 5.56 Å². The van der Waals surface area contributed by atoms with Gasteiger partial charge in [-0.3, -0.25) is 6.08 Å². The Hall–Kier alpha value is -2.11. The Morgan fingerprint density at radius 1 is 0.792 bits per heavy atom. The molecule has 1 atom stereocenters. The van der Waals surface area contributed by atoms with Crippen LogP contribution < -0.4 is 0 Å². The first kappa shape index (κ1) is 35.7. The van der Waals surface area contributed by atoms with Crippen molar-refractivity contribution in [1.29, 1.82) is 0 Å². The van der Waals surface area contributed by atoms with Gasteiger partial charge in [-0.1, -0.05) is 102 Å². The van der Waals surface area contributed by atoms with Gasteiger partial charge in [0.25, 0.3) is 0 Å². The first-order valence-corrected chi connectivity index (χ1v) is 20.1. The minimum atomic E-state index is 0.177. The van der Waals surface area contributed by atoms with Crippen molar-refractivity contribution in [3.63, 3.8) is 0 Å². The molecule has 250 valence electrons. The Balaban J connectivity index is 0.000000135. The zero-order chi connectivity index (χ0) is 34.4. The van der Waals surface area contributed by atoms with Crippen molar-refractivity contribution < 1.29 is 24.2 Å². The topological polar surface area (TPSA) is 0 Å². The molecule has 4 bridgehead atoms. The van der Waals surface area contributed by atoms with Crippen LogP contribution >= 0.6 is 0 Å². The second-order valence-electron chi connectivity index (χ2n) is 18.2. The third-order valence-electron chi connectivity index (χ3n) is 11.9. The first-order chi connectivity index (χ1) is 22.6. The summed E-state index contributed by atoms with van der Waals surface area (Å²) in [7, 11) is 0. The molecule has 48 heavy (non-hydrogen) atoms. The molecule has 0 N–H and O–H groups in total. The van der Waals surface area contributed by atoms with Gasteiger partial charge in [-0.25, -0.2) is 5.57 Å². The minimum absolute atomic E-state index is 0.177. The van der Waals surface area contributed by atoms with Gasteiger partial charge in [-0.05, 0) is 79.1 Å². The van der Waals surface area contributed by atoms with Crippen LogP contribution in [0.5, 0.6) is 0 Å². The number of hydrogen-bond acceptors (Lipinski definition) is 0. The Kier molecular flexibility index (Phi) is 10.3. The number of fused-ring (bicyclic) bond motifs is 3. The molecule has 1 heteroatoms. The molecular formula is C47H58Zr. The van der Waals surface area contributed by atoms with E-state index in [4.69, 9.17) is 0 Å². The molecule has 4 saturated carbocycles. The maximum absolute atomic E-state index is 3.57. The molecule has 0 spiro atoms. The molecule has 0 nitrogen and oxygen atoms in total. The number of hydrogen-bond donors (Lipinski definition) is 0. The van der Waals surface area contributed by atoms with Gasteiger partial charge in [0.2, 0.25) is 0 Å². The second kappa shape index (κ2) is 13.9. The van der Waals surface area contributed by atoms with E-state index in [1.807, 2.05) is 0 Å². The van der Waals surface area contributed by atoms with Crippen LogP contribution in [0.1, 0.15) is 134 Å². The molecule has 4 fully saturated rings. The summed E-state index contributed by atoms with van der Waals surface area (Å²) in [6.07, 6.45) is 17.8. The van der Waals surface area contributed by atoms with Crippen LogP contribution in [0.15, 0.2) is 71.8 Å². The van der Waals surface area contributed by atoms with E-state index in [0.29, 0.717) is 11.3 Å². The molecule has 1 unspecified atom stereocenters. The molecule has 0 aromatic heterocycles. The van der Waals surface area contributed by atoms with Crippen LogP contribution in [0.3, 0.4) is 0 Å². The van der Waals surface area contributed by atoms with Crippen molar-refractivity contribution in [2.24, 2.45) is 29.1 Å². The summed E-state index contributed by atoms with van der Waals surface area (Å²) < 4.78 is 2.19. The summed E-state index contributed by atoms with van der Waals surface area (Å²) in [6, 6.07) is 23.6. The molecule has 3 aromatic rings. The van der Waals surface area contributed by atoms with E-state index in [1.54, 1.807) is 44.1 Å². The van der Waals surface area contributed by atoms with Crippen LogP contribution in [-0.2, 0) is 41.5 Å². The van der Waals surface area contributed by atoms with Crippen molar-refractivity contribution >= 4 is 3.71 Å². The maximum atomic E-state index is 3.57. The van der Waals surface area contributed by atoms with E-state index < -0.39 is 0 Å². The molecule has 9 rings (SSSR count). The quantitative estimate of drug-likeness (QED) is 0.185. The fourth-order valence-corrected chi connectivity index (χ4v) is 10.1. The molecule has 6 aliphatic rings. The van der Waals surface area contributed by atoms with E-state index in [2.05, 4.69) is 139 Å². The molecule has 0 heterocycles. The monoisotopic (exact) mass is 712 g/mol. The van der Waals surface area contributed by atoms with Crippen LogP contribution in [0.4, 0.5) is 0 Å². The Morgan fingerprint density at radius 2 is 1.38 bits per heavy atom.